The molecular weight excluding hydrogens is 454 g/mol. The summed E-state index contributed by atoms with van der Waals surface area (Å²) in [6.45, 7) is 0.871. The average Bonchev–Trinajstić information content (AvgIpc) is 3.33. The highest BCUT2D eigenvalue weighted by molar-refractivity contribution is 7.95. The molecule has 178 valence electrons. The minimum absolute atomic E-state index is 0.0233. The molecule has 1 heterocycles. The Labute approximate surface area is 204 Å². The minimum atomic E-state index is 0.0233. The Kier molecular flexibility index (Phi) is 16.4. The number of hydrogen-bond acceptors (Lipinski definition) is 8. The summed E-state index contributed by atoms with van der Waals surface area (Å²) in [5, 5.41) is 10.7. The first-order valence-corrected chi connectivity index (χ1v) is 12.4. The number of benzene rings is 2. The van der Waals surface area contributed by atoms with E-state index in [1.807, 2.05) is 66.0 Å². The van der Waals surface area contributed by atoms with Gasteiger partial charge in [0.2, 0.25) is 5.91 Å². The third-order valence-electron chi connectivity index (χ3n) is 4.25. The van der Waals surface area contributed by atoms with Crippen LogP contribution in [0.15, 0.2) is 66.0 Å². The molecule has 0 aliphatic carbocycles. The molecule has 33 heavy (non-hydrogen) atoms. The van der Waals surface area contributed by atoms with Crippen molar-refractivity contribution >= 4 is 40.8 Å². The van der Waals surface area contributed by atoms with E-state index in [1.54, 1.807) is 0 Å². The predicted molar refractivity (Wildman–Crippen MR) is 141 cm³/mol. The van der Waals surface area contributed by atoms with Crippen molar-refractivity contribution in [2.45, 2.75) is 32.1 Å². The summed E-state index contributed by atoms with van der Waals surface area (Å²) in [7, 11) is 1.50. The first-order chi connectivity index (χ1) is 16.2. The zero-order valence-corrected chi connectivity index (χ0v) is 20.5. The summed E-state index contributed by atoms with van der Waals surface area (Å²) in [4.78, 5) is 26.3. The van der Waals surface area contributed by atoms with E-state index in [2.05, 4.69) is 20.8 Å². The van der Waals surface area contributed by atoms with Crippen molar-refractivity contribution in [1.82, 2.24) is 9.71 Å². The number of aldehydes is 1. The molecule has 3 aromatic rings. The molecule has 0 saturated carbocycles. The average molecular weight is 488 g/mol. The molecule has 1 aromatic heterocycles. The van der Waals surface area contributed by atoms with Crippen molar-refractivity contribution in [1.29, 1.82) is 0 Å². The Morgan fingerprint density at radius 3 is 2.33 bits per heavy atom. The molecular formula is C24H33N5O2S2. The maximum absolute atomic E-state index is 11.9. The van der Waals surface area contributed by atoms with E-state index in [1.165, 1.54) is 18.4 Å². The van der Waals surface area contributed by atoms with Crippen molar-refractivity contribution in [3.05, 3.63) is 71.6 Å². The highest BCUT2D eigenvalue weighted by atomic mass is 32.2. The number of nitrogens with zero attached hydrogens (tertiary/aromatic N) is 1. The Morgan fingerprint density at radius 2 is 1.70 bits per heavy atom. The van der Waals surface area contributed by atoms with Crippen molar-refractivity contribution in [3.8, 4) is 11.3 Å². The summed E-state index contributed by atoms with van der Waals surface area (Å²) in [6.07, 6.45) is 4.87. The number of anilines is 1. The third kappa shape index (κ3) is 12.9. The second kappa shape index (κ2) is 19.0. The fourth-order valence-electron chi connectivity index (χ4n) is 2.68. The lowest BCUT2D eigenvalue weighted by Gasteiger charge is -2.02. The fourth-order valence-corrected chi connectivity index (χ4v) is 3.68. The van der Waals surface area contributed by atoms with Gasteiger partial charge in [0.1, 0.15) is 6.29 Å². The van der Waals surface area contributed by atoms with Gasteiger partial charge in [-0.25, -0.2) is 4.98 Å². The van der Waals surface area contributed by atoms with Gasteiger partial charge in [-0.15, -0.1) is 11.3 Å². The Morgan fingerprint density at radius 1 is 1.03 bits per heavy atom. The first-order valence-electron chi connectivity index (χ1n) is 10.7. The Bertz CT molecular complexity index is 892. The zero-order valence-electron chi connectivity index (χ0n) is 18.9. The summed E-state index contributed by atoms with van der Waals surface area (Å²) >= 11 is 2.59. The van der Waals surface area contributed by atoms with E-state index in [9.17, 15) is 9.59 Å². The maximum atomic E-state index is 11.9. The summed E-state index contributed by atoms with van der Waals surface area (Å²) < 4.78 is 2.98. The molecule has 0 aliphatic heterocycles. The Balaban J connectivity index is 0.000000412. The maximum Gasteiger partial charge on any atom is 0.226 e. The van der Waals surface area contributed by atoms with Crippen LogP contribution in [-0.4, -0.2) is 30.8 Å². The molecule has 0 atom stereocenters. The molecule has 0 fully saturated rings. The summed E-state index contributed by atoms with van der Waals surface area (Å²) in [5.41, 5.74) is 7.53. The van der Waals surface area contributed by atoms with Crippen LogP contribution in [0.2, 0.25) is 0 Å². The molecule has 0 aliphatic rings. The molecule has 7 nitrogen and oxygen atoms in total. The van der Waals surface area contributed by atoms with Crippen LogP contribution in [0.4, 0.5) is 5.13 Å². The molecule has 3 rings (SSSR count). The van der Waals surface area contributed by atoms with E-state index in [0.29, 0.717) is 18.0 Å². The van der Waals surface area contributed by atoms with Gasteiger partial charge >= 0.3 is 0 Å². The Hall–Kier alpha value is -2.56. The smallest absolute Gasteiger partial charge is 0.226 e. The molecule has 0 spiro atoms. The van der Waals surface area contributed by atoms with Crippen LogP contribution in [0.25, 0.3) is 11.3 Å². The number of nitrogens with one attached hydrogen (secondary N) is 2. The van der Waals surface area contributed by atoms with Gasteiger partial charge in [-0.3, -0.25) is 14.7 Å². The number of unbranched alkanes of at least 4 members (excludes halogenated alkanes) is 2. The van der Waals surface area contributed by atoms with Crippen molar-refractivity contribution in [3.63, 3.8) is 0 Å². The normalized spacial score (nSPS) is 9.67. The topological polar surface area (TPSA) is 123 Å². The van der Waals surface area contributed by atoms with Gasteiger partial charge in [0, 0.05) is 42.5 Å². The van der Waals surface area contributed by atoms with E-state index < -0.39 is 0 Å². The largest absolute Gasteiger partial charge is 0.333 e. The van der Waals surface area contributed by atoms with Crippen molar-refractivity contribution < 1.29 is 9.59 Å². The number of amides is 1. The molecule has 9 heteroatoms. The molecule has 0 unspecified atom stereocenters. The lowest BCUT2D eigenvalue weighted by atomic mass is 10.2. The quantitative estimate of drug-likeness (QED) is 0.179. The predicted octanol–water partition coefficient (Wildman–Crippen LogP) is 4.42. The van der Waals surface area contributed by atoms with Gasteiger partial charge in [0.15, 0.2) is 5.13 Å². The lowest BCUT2D eigenvalue weighted by molar-refractivity contribution is -0.116. The molecule has 0 bridgehead atoms. The minimum Gasteiger partial charge on any atom is -0.333 e. The number of carbonyl (C=O) groups is 2. The highest BCUT2D eigenvalue weighted by Gasteiger charge is 2.07. The SMILES string of the molecule is CN.NSNCCCCCC(=O)Nc1nc(-c2ccccc2)cs1.O=CCc1ccccc1. The zero-order chi connectivity index (χ0) is 24.2. The highest BCUT2D eigenvalue weighted by Crippen LogP contribution is 2.24. The van der Waals surface area contributed by atoms with Crippen LogP contribution in [0.1, 0.15) is 31.2 Å². The van der Waals surface area contributed by atoms with Gasteiger partial charge in [-0.1, -0.05) is 67.1 Å². The molecule has 0 saturated heterocycles. The number of nitrogens with two attached hydrogens (primary N) is 2. The van der Waals surface area contributed by atoms with E-state index in [0.717, 1.165) is 61.0 Å². The third-order valence-corrected chi connectivity index (χ3v) is 5.38. The van der Waals surface area contributed by atoms with E-state index in [-0.39, 0.29) is 5.91 Å². The van der Waals surface area contributed by atoms with Crippen LogP contribution in [0.3, 0.4) is 0 Å². The second-order valence-electron chi connectivity index (χ2n) is 6.63. The second-order valence-corrected chi connectivity index (χ2v) is 8.01. The van der Waals surface area contributed by atoms with Crippen LogP contribution < -0.4 is 20.9 Å². The lowest BCUT2D eigenvalue weighted by Crippen LogP contribution is -2.12. The van der Waals surface area contributed by atoms with E-state index in [4.69, 9.17) is 5.14 Å². The van der Waals surface area contributed by atoms with Gasteiger partial charge in [-0.05, 0) is 25.5 Å². The number of aromatic nitrogens is 1. The molecule has 0 radical (unpaired) electrons. The number of rotatable bonds is 11. The van der Waals surface area contributed by atoms with Crippen LogP contribution in [0.5, 0.6) is 0 Å². The van der Waals surface area contributed by atoms with Gasteiger partial charge in [0.05, 0.1) is 5.69 Å². The standard InChI is InChI=1S/C15H20N4OS2.C8H8O.CH5N/c16-22-17-10-6-2-5-9-14(20)19-15-18-13(11-21-15)12-7-3-1-4-8-12;9-7-6-8-4-2-1-3-5-8;1-2/h1,3-4,7-8,11,17H,2,5-6,9-10,16H2,(H,18,19,20);1-5,7H,6H2;2H2,1H3. The van der Waals surface area contributed by atoms with Crippen molar-refractivity contribution in [2.75, 3.05) is 18.9 Å². The first kappa shape index (κ1) is 28.5. The number of hydrogen-bond donors (Lipinski definition) is 4. The van der Waals surface area contributed by atoms with Gasteiger partial charge in [-0.2, -0.15) is 0 Å². The van der Waals surface area contributed by atoms with Gasteiger partial charge in [0.25, 0.3) is 0 Å². The molecule has 6 N–H and O–H groups in total. The van der Waals surface area contributed by atoms with Crippen LogP contribution >= 0.6 is 23.5 Å². The van der Waals surface area contributed by atoms with Crippen LogP contribution in [-0.2, 0) is 16.0 Å². The molecule has 1 amide bonds. The number of carbonyl (C=O) groups excluding carboxylic acids is 2. The summed E-state index contributed by atoms with van der Waals surface area (Å²) in [6, 6.07) is 19.6. The van der Waals surface area contributed by atoms with Crippen LogP contribution in [0, 0.1) is 0 Å². The van der Waals surface area contributed by atoms with E-state index >= 15 is 0 Å². The monoisotopic (exact) mass is 487 g/mol. The van der Waals surface area contributed by atoms with Gasteiger partial charge < -0.3 is 15.8 Å². The molecule has 2 aromatic carbocycles. The van der Waals surface area contributed by atoms with Crippen molar-refractivity contribution in [2.24, 2.45) is 10.9 Å². The number of thiazole rings is 1. The summed E-state index contributed by atoms with van der Waals surface area (Å²) in [5.74, 6) is 0.0233. The fraction of sp³-hybridized carbons (Fsp3) is 0.292.